The topological polar surface area (TPSA) is 50.7 Å². The summed E-state index contributed by atoms with van der Waals surface area (Å²) in [5, 5.41) is 0. The van der Waals surface area contributed by atoms with Gasteiger partial charge in [-0.05, 0) is 42.8 Å². The lowest BCUT2D eigenvalue weighted by atomic mass is 9.99. The lowest BCUT2D eigenvalue weighted by molar-refractivity contribution is 0.628. The Morgan fingerprint density at radius 2 is 1.85 bits per heavy atom. The average molecular weight is 267 g/mol. The van der Waals surface area contributed by atoms with Crippen molar-refractivity contribution in [3.63, 3.8) is 0 Å². The normalized spacial score (nSPS) is 14.1. The van der Waals surface area contributed by atoms with Crippen molar-refractivity contribution in [1.82, 2.24) is 0 Å². The first-order chi connectivity index (χ1) is 9.63. The highest BCUT2D eigenvalue weighted by Crippen LogP contribution is 2.26. The quantitative estimate of drug-likeness (QED) is 0.848. The van der Waals surface area contributed by atoms with Gasteiger partial charge in [0, 0.05) is 11.1 Å². The van der Waals surface area contributed by atoms with E-state index in [1.165, 1.54) is 12.1 Å². The van der Waals surface area contributed by atoms with Gasteiger partial charge in [0.2, 0.25) is 0 Å². The Morgan fingerprint density at radius 3 is 2.60 bits per heavy atom. The number of rotatable bonds is 1. The molecule has 4 heteroatoms. The Labute approximate surface area is 116 Å². The predicted octanol–water partition coefficient (Wildman–Crippen LogP) is 2.97. The largest absolute Gasteiger partial charge is 0.386 e. The van der Waals surface area contributed by atoms with Crippen molar-refractivity contribution < 1.29 is 4.39 Å². The molecule has 1 aliphatic heterocycles. The smallest absolute Gasteiger partial charge is 0.123 e. The highest BCUT2D eigenvalue weighted by molar-refractivity contribution is 6.17. The van der Waals surface area contributed by atoms with Crippen LogP contribution in [0.5, 0.6) is 0 Å². The standard InChI is InChI=1S/C16H14FN3/c1-10-2-7-13-14(8-10)20-15(18)9-19-16(13)11-3-5-12(17)6-4-11/h2-8H,9H2,1H3,(H2,18,20). The van der Waals surface area contributed by atoms with Gasteiger partial charge in [-0.25, -0.2) is 9.38 Å². The van der Waals surface area contributed by atoms with Crippen LogP contribution in [-0.2, 0) is 0 Å². The second-order valence-electron chi connectivity index (χ2n) is 4.80. The molecule has 100 valence electrons. The van der Waals surface area contributed by atoms with E-state index in [1.54, 1.807) is 12.1 Å². The molecule has 0 fully saturated rings. The molecule has 0 saturated carbocycles. The fraction of sp³-hybridized carbons (Fsp3) is 0.125. The summed E-state index contributed by atoms with van der Waals surface area (Å²) >= 11 is 0. The highest BCUT2D eigenvalue weighted by atomic mass is 19.1. The third kappa shape index (κ3) is 2.32. The van der Waals surface area contributed by atoms with E-state index in [0.29, 0.717) is 12.4 Å². The van der Waals surface area contributed by atoms with Crippen molar-refractivity contribution >= 4 is 17.2 Å². The van der Waals surface area contributed by atoms with E-state index < -0.39 is 0 Å². The van der Waals surface area contributed by atoms with Gasteiger partial charge in [0.25, 0.3) is 0 Å². The summed E-state index contributed by atoms with van der Waals surface area (Å²) in [5.41, 5.74) is 10.3. The van der Waals surface area contributed by atoms with E-state index in [-0.39, 0.29) is 5.82 Å². The van der Waals surface area contributed by atoms with Crippen LogP contribution in [0.1, 0.15) is 16.7 Å². The Hall–Kier alpha value is -2.49. The molecule has 0 aromatic heterocycles. The van der Waals surface area contributed by atoms with Crippen molar-refractivity contribution in [3.8, 4) is 0 Å². The molecule has 0 atom stereocenters. The summed E-state index contributed by atoms with van der Waals surface area (Å²) in [6, 6.07) is 12.3. The molecule has 0 unspecified atom stereocenters. The van der Waals surface area contributed by atoms with Gasteiger partial charge in [-0.1, -0.05) is 12.1 Å². The van der Waals surface area contributed by atoms with Crippen molar-refractivity contribution in [3.05, 3.63) is 65.0 Å². The minimum atomic E-state index is -0.261. The van der Waals surface area contributed by atoms with Crippen molar-refractivity contribution in [2.45, 2.75) is 6.92 Å². The summed E-state index contributed by atoms with van der Waals surface area (Å²) in [6.45, 7) is 2.35. The molecule has 20 heavy (non-hydrogen) atoms. The van der Waals surface area contributed by atoms with Crippen LogP contribution in [0.3, 0.4) is 0 Å². The van der Waals surface area contributed by atoms with E-state index in [0.717, 1.165) is 28.1 Å². The molecular weight excluding hydrogens is 253 g/mol. The first kappa shape index (κ1) is 12.5. The zero-order valence-electron chi connectivity index (χ0n) is 11.1. The molecule has 0 saturated heterocycles. The van der Waals surface area contributed by atoms with Crippen LogP contribution in [0.25, 0.3) is 0 Å². The number of nitrogens with two attached hydrogens (primary N) is 1. The zero-order chi connectivity index (χ0) is 14.1. The number of benzene rings is 2. The number of hydrogen-bond donors (Lipinski definition) is 1. The fourth-order valence-electron chi connectivity index (χ4n) is 2.22. The Morgan fingerprint density at radius 1 is 1.10 bits per heavy atom. The Bertz CT molecular complexity index is 715. The second kappa shape index (κ2) is 4.89. The van der Waals surface area contributed by atoms with Crippen LogP contribution < -0.4 is 5.73 Å². The molecule has 1 aliphatic rings. The van der Waals surface area contributed by atoms with Crippen LogP contribution in [0.4, 0.5) is 10.1 Å². The first-order valence-electron chi connectivity index (χ1n) is 6.38. The lowest BCUT2D eigenvalue weighted by Crippen LogP contribution is -2.14. The van der Waals surface area contributed by atoms with Crippen LogP contribution >= 0.6 is 0 Å². The number of halogens is 1. The van der Waals surface area contributed by atoms with E-state index in [2.05, 4.69) is 9.98 Å². The Kier molecular flexibility index (Phi) is 3.06. The Balaban J connectivity index is 2.17. The molecule has 2 aromatic rings. The molecule has 0 aliphatic carbocycles. The zero-order valence-corrected chi connectivity index (χ0v) is 11.1. The van der Waals surface area contributed by atoms with Crippen molar-refractivity contribution in [2.75, 3.05) is 6.54 Å². The van der Waals surface area contributed by atoms with Gasteiger partial charge >= 0.3 is 0 Å². The fourth-order valence-corrected chi connectivity index (χ4v) is 2.22. The van der Waals surface area contributed by atoms with Crippen molar-refractivity contribution in [1.29, 1.82) is 0 Å². The molecule has 0 amide bonds. The molecule has 0 radical (unpaired) electrons. The molecule has 3 nitrogen and oxygen atoms in total. The average Bonchev–Trinajstić information content (AvgIpc) is 2.58. The minimum Gasteiger partial charge on any atom is -0.386 e. The van der Waals surface area contributed by atoms with E-state index in [9.17, 15) is 4.39 Å². The maximum absolute atomic E-state index is 13.1. The maximum Gasteiger partial charge on any atom is 0.123 e. The second-order valence-corrected chi connectivity index (χ2v) is 4.80. The minimum absolute atomic E-state index is 0.261. The summed E-state index contributed by atoms with van der Waals surface area (Å²) < 4.78 is 13.1. The number of aryl methyl sites for hydroxylation is 1. The molecule has 0 spiro atoms. The summed E-state index contributed by atoms with van der Waals surface area (Å²) in [4.78, 5) is 8.91. The van der Waals surface area contributed by atoms with E-state index in [4.69, 9.17) is 5.73 Å². The van der Waals surface area contributed by atoms with Gasteiger partial charge in [-0.2, -0.15) is 0 Å². The molecule has 3 rings (SSSR count). The SMILES string of the molecule is Cc1ccc2c(c1)N=C(N)CN=C2c1ccc(F)cc1. The number of nitrogens with zero attached hydrogens (tertiary/aromatic N) is 2. The number of hydrogen-bond acceptors (Lipinski definition) is 3. The lowest BCUT2D eigenvalue weighted by Gasteiger charge is -2.09. The molecule has 2 N–H and O–H groups in total. The van der Waals surface area contributed by atoms with E-state index in [1.807, 2.05) is 25.1 Å². The van der Waals surface area contributed by atoms with E-state index >= 15 is 0 Å². The summed E-state index contributed by atoms with van der Waals surface area (Å²) in [7, 11) is 0. The first-order valence-corrected chi connectivity index (χ1v) is 6.38. The van der Waals surface area contributed by atoms with Crippen molar-refractivity contribution in [2.24, 2.45) is 15.7 Å². The summed E-state index contributed by atoms with van der Waals surface area (Å²) in [6.07, 6.45) is 0. The van der Waals surface area contributed by atoms with Crippen LogP contribution in [0, 0.1) is 12.7 Å². The number of aliphatic imine (C=N–C) groups is 2. The molecule has 2 aromatic carbocycles. The van der Waals surface area contributed by atoms with Gasteiger partial charge in [-0.3, -0.25) is 4.99 Å². The van der Waals surface area contributed by atoms with Gasteiger partial charge in [-0.15, -0.1) is 0 Å². The van der Waals surface area contributed by atoms with Gasteiger partial charge in [0.1, 0.15) is 11.7 Å². The van der Waals surface area contributed by atoms with Gasteiger partial charge in [0.15, 0.2) is 0 Å². The number of amidine groups is 1. The number of fused-ring (bicyclic) bond motifs is 1. The highest BCUT2D eigenvalue weighted by Gasteiger charge is 2.15. The predicted molar refractivity (Wildman–Crippen MR) is 79.4 cm³/mol. The van der Waals surface area contributed by atoms with Crippen LogP contribution in [0.15, 0.2) is 52.4 Å². The third-order valence-corrected chi connectivity index (χ3v) is 3.19. The van der Waals surface area contributed by atoms with Crippen LogP contribution in [0.2, 0.25) is 0 Å². The van der Waals surface area contributed by atoms with Crippen LogP contribution in [-0.4, -0.2) is 18.1 Å². The third-order valence-electron chi connectivity index (χ3n) is 3.19. The molecule has 0 bridgehead atoms. The molecule has 1 heterocycles. The van der Waals surface area contributed by atoms with Gasteiger partial charge < -0.3 is 5.73 Å². The van der Waals surface area contributed by atoms with Gasteiger partial charge in [0.05, 0.1) is 17.9 Å². The summed E-state index contributed by atoms with van der Waals surface area (Å²) in [5.74, 6) is 0.219. The molecular formula is C16H14FN3. The monoisotopic (exact) mass is 267 g/mol. The maximum atomic E-state index is 13.1.